The molecule has 1 unspecified atom stereocenters. The van der Waals surface area contributed by atoms with E-state index in [-0.39, 0.29) is 0 Å². The highest BCUT2D eigenvalue weighted by atomic mass is 16.5. The summed E-state index contributed by atoms with van der Waals surface area (Å²) in [6.07, 6.45) is 0.371. The van der Waals surface area contributed by atoms with E-state index in [0.717, 1.165) is 39.3 Å². The van der Waals surface area contributed by atoms with Crippen molar-refractivity contribution < 1.29 is 4.74 Å². The van der Waals surface area contributed by atoms with Crippen molar-refractivity contribution in [2.45, 2.75) is 20.0 Å². The van der Waals surface area contributed by atoms with Gasteiger partial charge in [-0.2, -0.15) is 0 Å². The Morgan fingerprint density at radius 3 is 3.07 bits per heavy atom. The summed E-state index contributed by atoms with van der Waals surface area (Å²) in [5.41, 5.74) is 1.26. The molecule has 0 aromatic heterocycles. The van der Waals surface area contributed by atoms with E-state index in [4.69, 9.17) is 4.74 Å². The first kappa shape index (κ1) is 11.7. The maximum absolute atomic E-state index is 5.48. The standard InChI is InChI=1S/C11H22N2O/c1-4-12-7-10(2)8-13-5-6-14-11(3)9-13/h11-12H,2,4-9H2,1,3H3. The van der Waals surface area contributed by atoms with E-state index in [1.54, 1.807) is 0 Å². The van der Waals surface area contributed by atoms with Crippen molar-refractivity contribution >= 4 is 0 Å². The molecule has 1 aliphatic heterocycles. The van der Waals surface area contributed by atoms with Crippen molar-refractivity contribution in [2.24, 2.45) is 0 Å². The predicted octanol–water partition coefficient (Wildman–Crippen LogP) is 0.873. The van der Waals surface area contributed by atoms with Crippen molar-refractivity contribution in [3.8, 4) is 0 Å². The van der Waals surface area contributed by atoms with Crippen LogP contribution in [0, 0.1) is 0 Å². The molecule has 0 aromatic rings. The Labute approximate surface area is 87.1 Å². The first-order valence-corrected chi connectivity index (χ1v) is 5.43. The molecule has 1 aliphatic rings. The Morgan fingerprint density at radius 2 is 2.43 bits per heavy atom. The van der Waals surface area contributed by atoms with E-state index in [1.807, 2.05) is 0 Å². The second kappa shape index (κ2) is 6.17. The molecule has 0 amide bonds. The summed E-state index contributed by atoms with van der Waals surface area (Å²) in [6, 6.07) is 0. The quantitative estimate of drug-likeness (QED) is 0.664. The van der Waals surface area contributed by atoms with Crippen LogP contribution in [0.1, 0.15) is 13.8 Å². The lowest BCUT2D eigenvalue weighted by Crippen LogP contribution is -2.42. The molecule has 3 nitrogen and oxygen atoms in total. The molecule has 1 saturated heterocycles. The average molecular weight is 198 g/mol. The third-order valence-corrected chi connectivity index (χ3v) is 2.40. The van der Waals surface area contributed by atoms with Crippen LogP contribution < -0.4 is 5.32 Å². The van der Waals surface area contributed by atoms with Crippen LogP contribution in [0.25, 0.3) is 0 Å². The normalized spacial score (nSPS) is 23.7. The van der Waals surface area contributed by atoms with Crippen LogP contribution in [0.5, 0.6) is 0 Å². The molecule has 0 spiro atoms. The topological polar surface area (TPSA) is 24.5 Å². The molecule has 0 radical (unpaired) electrons. The van der Waals surface area contributed by atoms with E-state index in [9.17, 15) is 0 Å². The maximum atomic E-state index is 5.48. The van der Waals surface area contributed by atoms with Gasteiger partial charge < -0.3 is 10.1 Å². The number of ether oxygens (including phenoxy) is 1. The van der Waals surface area contributed by atoms with Crippen molar-refractivity contribution in [3.63, 3.8) is 0 Å². The Morgan fingerprint density at radius 1 is 1.64 bits per heavy atom. The smallest absolute Gasteiger partial charge is 0.0674 e. The van der Waals surface area contributed by atoms with Crippen LogP contribution in [-0.4, -0.2) is 50.3 Å². The summed E-state index contributed by atoms with van der Waals surface area (Å²) in [5, 5.41) is 3.29. The van der Waals surface area contributed by atoms with Gasteiger partial charge >= 0.3 is 0 Å². The third-order valence-electron chi connectivity index (χ3n) is 2.40. The highest BCUT2D eigenvalue weighted by Crippen LogP contribution is 2.05. The Hall–Kier alpha value is -0.380. The molecule has 0 saturated carbocycles. The van der Waals surface area contributed by atoms with E-state index in [2.05, 4.69) is 30.6 Å². The van der Waals surface area contributed by atoms with Gasteiger partial charge in [-0.05, 0) is 19.0 Å². The summed E-state index contributed by atoms with van der Waals surface area (Å²) >= 11 is 0. The lowest BCUT2D eigenvalue weighted by Gasteiger charge is -2.31. The monoisotopic (exact) mass is 198 g/mol. The molecule has 1 atom stereocenters. The molecule has 1 heterocycles. The van der Waals surface area contributed by atoms with Gasteiger partial charge in [0.15, 0.2) is 0 Å². The summed E-state index contributed by atoms with van der Waals surface area (Å²) in [4.78, 5) is 2.41. The minimum atomic E-state index is 0.371. The zero-order chi connectivity index (χ0) is 10.4. The number of hydrogen-bond acceptors (Lipinski definition) is 3. The van der Waals surface area contributed by atoms with Gasteiger partial charge in [-0.3, -0.25) is 4.90 Å². The molecular formula is C11H22N2O. The summed E-state index contributed by atoms with van der Waals surface area (Å²) in [5.74, 6) is 0. The molecule has 0 aliphatic carbocycles. The van der Waals surface area contributed by atoms with Gasteiger partial charge in [0.05, 0.1) is 12.7 Å². The highest BCUT2D eigenvalue weighted by Gasteiger charge is 2.16. The first-order chi connectivity index (χ1) is 6.72. The Kier molecular flexibility index (Phi) is 5.15. The van der Waals surface area contributed by atoms with Crippen molar-refractivity contribution in [1.82, 2.24) is 10.2 Å². The molecule has 0 bridgehead atoms. The van der Waals surface area contributed by atoms with Gasteiger partial charge in [0.1, 0.15) is 0 Å². The molecular weight excluding hydrogens is 176 g/mol. The minimum Gasteiger partial charge on any atom is -0.376 e. The second-order valence-electron chi connectivity index (χ2n) is 3.95. The summed E-state index contributed by atoms with van der Waals surface area (Å²) in [7, 11) is 0. The highest BCUT2D eigenvalue weighted by molar-refractivity contribution is 5.00. The van der Waals surface area contributed by atoms with Crippen LogP contribution in [0.3, 0.4) is 0 Å². The number of nitrogens with one attached hydrogen (secondary N) is 1. The summed E-state index contributed by atoms with van der Waals surface area (Å²) < 4.78 is 5.48. The molecule has 0 aromatic carbocycles. The molecule has 1 N–H and O–H groups in total. The lowest BCUT2D eigenvalue weighted by molar-refractivity contribution is -0.0149. The molecule has 1 fully saturated rings. The van der Waals surface area contributed by atoms with Crippen LogP contribution in [0.2, 0.25) is 0 Å². The molecule has 14 heavy (non-hydrogen) atoms. The molecule has 3 heteroatoms. The van der Waals surface area contributed by atoms with Gasteiger partial charge in [0, 0.05) is 26.2 Å². The zero-order valence-corrected chi connectivity index (χ0v) is 9.38. The minimum absolute atomic E-state index is 0.371. The average Bonchev–Trinajstić information content (AvgIpc) is 2.15. The van der Waals surface area contributed by atoms with Crippen molar-refractivity contribution in [3.05, 3.63) is 12.2 Å². The molecule has 82 valence electrons. The lowest BCUT2D eigenvalue weighted by atomic mass is 10.2. The van der Waals surface area contributed by atoms with Crippen molar-refractivity contribution in [1.29, 1.82) is 0 Å². The SMILES string of the molecule is C=C(CNCC)CN1CCOC(C)C1. The maximum Gasteiger partial charge on any atom is 0.0674 e. The van der Waals surface area contributed by atoms with E-state index < -0.39 is 0 Å². The van der Waals surface area contributed by atoms with Gasteiger partial charge in [-0.15, -0.1) is 0 Å². The Bertz CT molecular complexity index is 182. The number of likely N-dealkylation sites (N-methyl/N-ethyl adjacent to an activating group) is 1. The summed E-state index contributed by atoms with van der Waals surface area (Å²) in [6.45, 7) is 14.2. The fourth-order valence-corrected chi connectivity index (χ4v) is 1.71. The van der Waals surface area contributed by atoms with Gasteiger partial charge in [0.25, 0.3) is 0 Å². The van der Waals surface area contributed by atoms with Gasteiger partial charge in [-0.1, -0.05) is 13.5 Å². The van der Waals surface area contributed by atoms with Gasteiger partial charge in [0.2, 0.25) is 0 Å². The van der Waals surface area contributed by atoms with E-state index in [1.165, 1.54) is 5.57 Å². The first-order valence-electron chi connectivity index (χ1n) is 5.43. The van der Waals surface area contributed by atoms with Crippen LogP contribution in [0.4, 0.5) is 0 Å². The fourth-order valence-electron chi connectivity index (χ4n) is 1.71. The van der Waals surface area contributed by atoms with E-state index in [0.29, 0.717) is 6.10 Å². The second-order valence-corrected chi connectivity index (χ2v) is 3.95. The third kappa shape index (κ3) is 4.22. The van der Waals surface area contributed by atoms with Gasteiger partial charge in [-0.25, -0.2) is 0 Å². The van der Waals surface area contributed by atoms with Crippen LogP contribution in [0.15, 0.2) is 12.2 Å². The number of morpholine rings is 1. The van der Waals surface area contributed by atoms with Crippen molar-refractivity contribution in [2.75, 3.05) is 39.3 Å². The Balaban J connectivity index is 2.18. The zero-order valence-electron chi connectivity index (χ0n) is 9.38. The number of hydrogen-bond donors (Lipinski definition) is 1. The predicted molar refractivity (Wildman–Crippen MR) is 59.5 cm³/mol. The largest absolute Gasteiger partial charge is 0.376 e. The number of rotatable bonds is 5. The van der Waals surface area contributed by atoms with Crippen LogP contribution in [-0.2, 0) is 4.74 Å². The fraction of sp³-hybridized carbons (Fsp3) is 0.818. The molecule has 1 rings (SSSR count). The van der Waals surface area contributed by atoms with E-state index >= 15 is 0 Å². The van der Waals surface area contributed by atoms with Crippen LogP contribution >= 0.6 is 0 Å². The number of nitrogens with zero attached hydrogens (tertiary/aromatic N) is 1.